The third-order valence-corrected chi connectivity index (χ3v) is 2.17. The average Bonchev–Trinajstić information content (AvgIpc) is 2.66. The van der Waals surface area contributed by atoms with E-state index in [9.17, 15) is 4.79 Å². The Labute approximate surface area is 84.6 Å². The standard InChI is InChI=1S/C11H17NO2/c1-3-4-7-10(2)11(13)14-12-8-5-6-9-12/h5-6,8-10H,3-4,7H2,1-2H3. The van der Waals surface area contributed by atoms with Crippen molar-refractivity contribution in [3.63, 3.8) is 0 Å². The minimum Gasteiger partial charge on any atom is -0.337 e. The van der Waals surface area contributed by atoms with Crippen molar-refractivity contribution >= 4 is 5.97 Å². The lowest BCUT2D eigenvalue weighted by Gasteiger charge is -2.10. The minimum absolute atomic E-state index is 0.0163. The van der Waals surface area contributed by atoms with Crippen molar-refractivity contribution in [3.05, 3.63) is 24.5 Å². The molecule has 0 aliphatic rings. The van der Waals surface area contributed by atoms with Crippen LogP contribution in [0.3, 0.4) is 0 Å². The summed E-state index contributed by atoms with van der Waals surface area (Å²) in [5, 5.41) is 0. The van der Waals surface area contributed by atoms with E-state index in [-0.39, 0.29) is 11.9 Å². The quantitative estimate of drug-likeness (QED) is 0.721. The predicted octanol–water partition coefficient (Wildman–Crippen LogP) is 2.27. The molecule has 14 heavy (non-hydrogen) atoms. The Bertz CT molecular complexity index is 267. The molecule has 0 bridgehead atoms. The Hall–Kier alpha value is -1.25. The highest BCUT2D eigenvalue weighted by atomic mass is 16.7. The number of carbonyl (C=O) groups excluding carboxylic acids is 1. The van der Waals surface area contributed by atoms with Crippen LogP contribution >= 0.6 is 0 Å². The summed E-state index contributed by atoms with van der Waals surface area (Å²) in [4.78, 5) is 16.6. The zero-order chi connectivity index (χ0) is 10.4. The summed E-state index contributed by atoms with van der Waals surface area (Å²) in [5.41, 5.74) is 0. The molecule has 0 N–H and O–H groups in total. The summed E-state index contributed by atoms with van der Waals surface area (Å²) in [6.45, 7) is 4.02. The summed E-state index contributed by atoms with van der Waals surface area (Å²) in [7, 11) is 0. The first-order valence-corrected chi connectivity index (χ1v) is 5.09. The fraction of sp³-hybridized carbons (Fsp3) is 0.545. The first-order chi connectivity index (χ1) is 6.74. The summed E-state index contributed by atoms with van der Waals surface area (Å²) >= 11 is 0. The molecule has 0 aromatic carbocycles. The van der Waals surface area contributed by atoms with Crippen LogP contribution in [-0.4, -0.2) is 10.7 Å². The highest BCUT2D eigenvalue weighted by Crippen LogP contribution is 2.08. The second-order valence-corrected chi connectivity index (χ2v) is 3.50. The van der Waals surface area contributed by atoms with E-state index in [0.29, 0.717) is 0 Å². The molecule has 0 spiro atoms. The topological polar surface area (TPSA) is 31.2 Å². The first kappa shape index (κ1) is 10.8. The molecule has 78 valence electrons. The van der Waals surface area contributed by atoms with Crippen molar-refractivity contribution in [3.8, 4) is 0 Å². The van der Waals surface area contributed by atoms with E-state index in [1.807, 2.05) is 19.1 Å². The molecule has 1 atom stereocenters. The van der Waals surface area contributed by atoms with Crippen molar-refractivity contribution in [2.75, 3.05) is 0 Å². The number of unbranched alkanes of at least 4 members (excludes halogenated alkanes) is 1. The second kappa shape index (κ2) is 5.47. The van der Waals surface area contributed by atoms with Crippen LogP contribution in [0, 0.1) is 5.92 Å². The third-order valence-electron chi connectivity index (χ3n) is 2.17. The molecule has 3 nitrogen and oxygen atoms in total. The molecule has 1 rings (SSSR count). The molecule has 1 heterocycles. The number of rotatable bonds is 5. The first-order valence-electron chi connectivity index (χ1n) is 5.09. The lowest BCUT2D eigenvalue weighted by Crippen LogP contribution is -2.24. The van der Waals surface area contributed by atoms with Crippen LogP contribution in [-0.2, 0) is 4.79 Å². The van der Waals surface area contributed by atoms with Crippen LogP contribution in [0.2, 0.25) is 0 Å². The monoisotopic (exact) mass is 195 g/mol. The van der Waals surface area contributed by atoms with Crippen LogP contribution in [0.15, 0.2) is 24.5 Å². The van der Waals surface area contributed by atoms with Crippen LogP contribution in [0.4, 0.5) is 0 Å². The SMILES string of the molecule is CCCCC(C)C(=O)On1cccc1. The summed E-state index contributed by atoms with van der Waals surface area (Å²) in [6, 6.07) is 3.65. The zero-order valence-electron chi connectivity index (χ0n) is 8.77. The van der Waals surface area contributed by atoms with Crippen molar-refractivity contribution in [2.24, 2.45) is 5.92 Å². The number of aromatic nitrogens is 1. The Morgan fingerprint density at radius 3 is 2.64 bits per heavy atom. The van der Waals surface area contributed by atoms with E-state index in [1.54, 1.807) is 12.4 Å². The van der Waals surface area contributed by atoms with Gasteiger partial charge >= 0.3 is 5.97 Å². The largest absolute Gasteiger partial charge is 0.337 e. The van der Waals surface area contributed by atoms with Crippen LogP contribution in [0.1, 0.15) is 33.1 Å². The summed E-state index contributed by atoms with van der Waals surface area (Å²) < 4.78 is 1.44. The lowest BCUT2D eigenvalue weighted by atomic mass is 10.1. The molecule has 0 amide bonds. The van der Waals surface area contributed by atoms with E-state index >= 15 is 0 Å². The summed E-state index contributed by atoms with van der Waals surface area (Å²) in [5.74, 6) is -0.174. The van der Waals surface area contributed by atoms with E-state index in [4.69, 9.17) is 4.84 Å². The normalized spacial score (nSPS) is 12.4. The zero-order valence-corrected chi connectivity index (χ0v) is 8.77. The molecule has 1 aromatic heterocycles. The number of carbonyl (C=O) groups is 1. The van der Waals surface area contributed by atoms with Gasteiger partial charge in [0.25, 0.3) is 0 Å². The average molecular weight is 195 g/mol. The van der Waals surface area contributed by atoms with Gasteiger partial charge in [0, 0.05) is 12.4 Å². The molecule has 3 heteroatoms. The molecule has 0 aliphatic heterocycles. The maximum absolute atomic E-state index is 11.5. The molecule has 0 saturated carbocycles. The number of hydrogen-bond donors (Lipinski definition) is 0. The number of hydrogen-bond acceptors (Lipinski definition) is 2. The van der Waals surface area contributed by atoms with E-state index < -0.39 is 0 Å². The highest BCUT2D eigenvalue weighted by Gasteiger charge is 2.14. The Balaban J connectivity index is 2.34. The van der Waals surface area contributed by atoms with Gasteiger partial charge in [-0.15, -0.1) is 0 Å². The van der Waals surface area contributed by atoms with Gasteiger partial charge in [-0.05, 0) is 18.6 Å². The molecule has 1 aromatic rings. The van der Waals surface area contributed by atoms with Crippen LogP contribution < -0.4 is 4.84 Å². The molecular formula is C11H17NO2. The van der Waals surface area contributed by atoms with Gasteiger partial charge in [0.05, 0.1) is 5.92 Å². The van der Waals surface area contributed by atoms with Gasteiger partial charge in [0.2, 0.25) is 0 Å². The molecule has 0 aliphatic carbocycles. The van der Waals surface area contributed by atoms with Crippen molar-refractivity contribution in [1.29, 1.82) is 0 Å². The maximum atomic E-state index is 11.5. The van der Waals surface area contributed by atoms with Crippen LogP contribution in [0.25, 0.3) is 0 Å². The fourth-order valence-electron chi connectivity index (χ4n) is 1.20. The van der Waals surface area contributed by atoms with Gasteiger partial charge in [0.1, 0.15) is 0 Å². The molecular weight excluding hydrogens is 178 g/mol. The smallest absolute Gasteiger partial charge is 0.335 e. The Kier molecular flexibility index (Phi) is 4.23. The van der Waals surface area contributed by atoms with E-state index in [1.165, 1.54) is 4.73 Å². The predicted molar refractivity (Wildman–Crippen MR) is 54.7 cm³/mol. The second-order valence-electron chi connectivity index (χ2n) is 3.50. The Morgan fingerprint density at radius 2 is 2.07 bits per heavy atom. The highest BCUT2D eigenvalue weighted by molar-refractivity contribution is 5.72. The molecule has 0 radical (unpaired) electrons. The van der Waals surface area contributed by atoms with Gasteiger partial charge in [0.15, 0.2) is 0 Å². The van der Waals surface area contributed by atoms with Crippen molar-refractivity contribution in [2.45, 2.75) is 33.1 Å². The van der Waals surface area contributed by atoms with Gasteiger partial charge in [-0.2, -0.15) is 4.73 Å². The van der Waals surface area contributed by atoms with Gasteiger partial charge in [-0.25, -0.2) is 4.79 Å². The maximum Gasteiger partial charge on any atom is 0.335 e. The minimum atomic E-state index is -0.158. The van der Waals surface area contributed by atoms with Crippen molar-refractivity contribution in [1.82, 2.24) is 4.73 Å². The Morgan fingerprint density at radius 1 is 1.43 bits per heavy atom. The fourth-order valence-corrected chi connectivity index (χ4v) is 1.20. The molecule has 0 fully saturated rings. The molecule has 1 unspecified atom stereocenters. The molecule has 0 saturated heterocycles. The van der Waals surface area contributed by atoms with Gasteiger partial charge in [-0.1, -0.05) is 26.7 Å². The van der Waals surface area contributed by atoms with Crippen molar-refractivity contribution < 1.29 is 9.63 Å². The third kappa shape index (κ3) is 3.24. The lowest BCUT2D eigenvalue weighted by molar-refractivity contribution is -0.148. The van der Waals surface area contributed by atoms with E-state index in [2.05, 4.69) is 6.92 Å². The van der Waals surface area contributed by atoms with E-state index in [0.717, 1.165) is 19.3 Å². The van der Waals surface area contributed by atoms with Gasteiger partial charge < -0.3 is 4.84 Å². The number of nitrogens with zero attached hydrogens (tertiary/aromatic N) is 1. The van der Waals surface area contributed by atoms with Gasteiger partial charge in [-0.3, -0.25) is 0 Å². The summed E-state index contributed by atoms with van der Waals surface area (Å²) in [6.07, 6.45) is 6.51. The van der Waals surface area contributed by atoms with Crippen LogP contribution in [0.5, 0.6) is 0 Å².